The summed E-state index contributed by atoms with van der Waals surface area (Å²) in [4.78, 5) is 16.2. The summed E-state index contributed by atoms with van der Waals surface area (Å²) in [6, 6.07) is -0.188. The zero-order valence-corrected chi connectivity index (χ0v) is 12.8. The fourth-order valence-electron chi connectivity index (χ4n) is 1.73. The second-order valence-corrected chi connectivity index (χ2v) is 5.28. The van der Waals surface area contributed by atoms with Gasteiger partial charge in [0.1, 0.15) is 0 Å². The quantitative estimate of drug-likeness (QED) is 0.948. The van der Waals surface area contributed by atoms with E-state index in [1.54, 1.807) is 17.8 Å². The third-order valence-electron chi connectivity index (χ3n) is 2.95. The highest BCUT2D eigenvalue weighted by molar-refractivity contribution is 6.44. The van der Waals surface area contributed by atoms with Gasteiger partial charge in [0.2, 0.25) is 0 Å². The minimum absolute atomic E-state index is 0.188. The van der Waals surface area contributed by atoms with E-state index in [2.05, 4.69) is 15.4 Å². The van der Waals surface area contributed by atoms with E-state index in [-0.39, 0.29) is 22.5 Å². The molecule has 1 N–H and O–H groups in total. The topological polar surface area (TPSA) is 59.8 Å². The van der Waals surface area contributed by atoms with Crippen LogP contribution >= 0.6 is 23.2 Å². The molecule has 1 amide bonds. The van der Waals surface area contributed by atoms with Crippen LogP contribution in [0, 0.1) is 6.92 Å². The molecule has 2 heterocycles. The van der Waals surface area contributed by atoms with Crippen LogP contribution in [0.3, 0.4) is 0 Å². The van der Waals surface area contributed by atoms with Gasteiger partial charge in [-0.15, -0.1) is 0 Å². The Bertz CT molecular complexity index is 654. The number of hydrogen-bond acceptors (Lipinski definition) is 3. The molecule has 0 aliphatic carbocycles. The van der Waals surface area contributed by atoms with Crippen LogP contribution in [0.15, 0.2) is 18.6 Å². The van der Waals surface area contributed by atoms with Crippen LogP contribution < -0.4 is 5.32 Å². The van der Waals surface area contributed by atoms with Crippen LogP contribution in [-0.4, -0.2) is 20.7 Å². The molecule has 5 nitrogen and oxygen atoms in total. The first kappa shape index (κ1) is 14.8. The van der Waals surface area contributed by atoms with Gasteiger partial charge in [-0.3, -0.25) is 14.5 Å². The first-order valence-electron chi connectivity index (χ1n) is 6.00. The van der Waals surface area contributed by atoms with E-state index < -0.39 is 0 Å². The summed E-state index contributed by atoms with van der Waals surface area (Å²) in [6.45, 7) is 3.60. The number of pyridine rings is 1. The van der Waals surface area contributed by atoms with Crippen LogP contribution in [0.25, 0.3) is 0 Å². The lowest BCUT2D eigenvalue weighted by Crippen LogP contribution is -2.27. The molecular weight excluding hydrogens is 299 g/mol. The Morgan fingerprint density at radius 3 is 2.65 bits per heavy atom. The van der Waals surface area contributed by atoms with Gasteiger partial charge in [-0.1, -0.05) is 23.2 Å². The summed E-state index contributed by atoms with van der Waals surface area (Å²) in [5.41, 5.74) is 1.76. The van der Waals surface area contributed by atoms with E-state index >= 15 is 0 Å². The molecule has 0 aromatic carbocycles. The molecular formula is C13H14Cl2N4O. The fraction of sp³-hybridized carbons (Fsp3) is 0.308. The van der Waals surface area contributed by atoms with Crippen molar-refractivity contribution >= 4 is 29.1 Å². The van der Waals surface area contributed by atoms with Crippen molar-refractivity contribution in [2.45, 2.75) is 19.9 Å². The first-order valence-corrected chi connectivity index (χ1v) is 6.75. The first-order chi connectivity index (χ1) is 9.40. The molecule has 2 aromatic heterocycles. The summed E-state index contributed by atoms with van der Waals surface area (Å²) < 4.78 is 1.68. The predicted octanol–water partition coefficient (Wildman–Crippen LogP) is 2.92. The summed E-state index contributed by atoms with van der Waals surface area (Å²) in [7, 11) is 1.82. The van der Waals surface area contributed by atoms with Crippen LogP contribution in [-0.2, 0) is 7.05 Å². The minimum Gasteiger partial charge on any atom is -0.345 e. The van der Waals surface area contributed by atoms with Crippen molar-refractivity contribution in [3.05, 3.63) is 45.5 Å². The van der Waals surface area contributed by atoms with Crippen LogP contribution in [0.4, 0.5) is 0 Å². The fourth-order valence-corrected chi connectivity index (χ4v) is 2.15. The Hall–Kier alpha value is -1.59. The molecule has 0 aliphatic rings. The van der Waals surface area contributed by atoms with Gasteiger partial charge in [0.25, 0.3) is 5.91 Å². The monoisotopic (exact) mass is 312 g/mol. The molecule has 0 saturated carbocycles. The van der Waals surface area contributed by atoms with Gasteiger partial charge in [-0.2, -0.15) is 5.10 Å². The lowest BCUT2D eigenvalue weighted by atomic mass is 10.1. The van der Waals surface area contributed by atoms with E-state index in [0.29, 0.717) is 10.7 Å². The Balaban J connectivity index is 2.18. The van der Waals surface area contributed by atoms with Gasteiger partial charge in [0, 0.05) is 25.0 Å². The second-order valence-electron chi connectivity index (χ2n) is 4.53. The molecule has 0 spiro atoms. The number of aromatic nitrogens is 3. The van der Waals surface area contributed by atoms with Crippen molar-refractivity contribution in [1.29, 1.82) is 0 Å². The molecule has 20 heavy (non-hydrogen) atoms. The van der Waals surface area contributed by atoms with Crippen molar-refractivity contribution in [2.75, 3.05) is 0 Å². The summed E-state index contributed by atoms with van der Waals surface area (Å²) in [6.07, 6.45) is 4.97. The number of halogens is 2. The standard InChI is InChI=1S/C13H14Cl2N4O/c1-7(9-4-17-19(3)6-9)18-13(20)10-5-16-8(2)11(14)12(10)15/h4-7H,1-3H3,(H,18,20)/t7-/m1/s1. The zero-order valence-electron chi connectivity index (χ0n) is 11.3. The average molecular weight is 313 g/mol. The number of nitrogens with one attached hydrogen (secondary N) is 1. The lowest BCUT2D eigenvalue weighted by Gasteiger charge is -2.13. The number of rotatable bonds is 3. The highest BCUT2D eigenvalue weighted by Crippen LogP contribution is 2.27. The normalized spacial score (nSPS) is 12.2. The summed E-state index contributed by atoms with van der Waals surface area (Å²) in [5, 5.41) is 7.42. The van der Waals surface area contributed by atoms with Crippen molar-refractivity contribution in [3.63, 3.8) is 0 Å². The third-order valence-corrected chi connectivity index (χ3v) is 3.90. The number of carbonyl (C=O) groups is 1. The number of hydrogen-bond donors (Lipinski definition) is 1. The molecule has 0 fully saturated rings. The third kappa shape index (κ3) is 2.94. The van der Waals surface area contributed by atoms with E-state index in [9.17, 15) is 4.79 Å². The summed E-state index contributed by atoms with van der Waals surface area (Å²) in [5.74, 6) is -0.319. The van der Waals surface area contributed by atoms with Crippen LogP contribution in [0.5, 0.6) is 0 Å². The largest absolute Gasteiger partial charge is 0.345 e. The van der Waals surface area contributed by atoms with E-state index in [0.717, 1.165) is 5.56 Å². The zero-order chi connectivity index (χ0) is 14.9. The maximum Gasteiger partial charge on any atom is 0.254 e. The van der Waals surface area contributed by atoms with Crippen molar-refractivity contribution in [2.24, 2.45) is 7.05 Å². The highest BCUT2D eigenvalue weighted by atomic mass is 35.5. The van der Waals surface area contributed by atoms with Crippen molar-refractivity contribution in [1.82, 2.24) is 20.1 Å². The van der Waals surface area contributed by atoms with Gasteiger partial charge in [-0.25, -0.2) is 0 Å². The Labute approximate surface area is 126 Å². The average Bonchev–Trinajstić information content (AvgIpc) is 2.82. The van der Waals surface area contributed by atoms with Crippen molar-refractivity contribution in [3.8, 4) is 0 Å². The van der Waals surface area contributed by atoms with Crippen LogP contribution in [0.1, 0.15) is 34.6 Å². The maximum absolute atomic E-state index is 12.2. The minimum atomic E-state index is -0.319. The SMILES string of the molecule is Cc1ncc(C(=O)N[C@H](C)c2cnn(C)c2)c(Cl)c1Cl. The number of nitrogens with zero attached hydrogens (tertiary/aromatic N) is 3. The molecule has 1 atom stereocenters. The van der Waals surface area contributed by atoms with Gasteiger partial charge in [0.15, 0.2) is 0 Å². The predicted molar refractivity (Wildman–Crippen MR) is 78.1 cm³/mol. The Morgan fingerprint density at radius 1 is 1.35 bits per heavy atom. The molecule has 0 aliphatic heterocycles. The highest BCUT2D eigenvalue weighted by Gasteiger charge is 2.18. The molecule has 2 rings (SSSR count). The molecule has 7 heteroatoms. The number of amides is 1. The van der Waals surface area contributed by atoms with Crippen LogP contribution in [0.2, 0.25) is 10.0 Å². The Morgan fingerprint density at radius 2 is 2.05 bits per heavy atom. The molecule has 106 valence electrons. The lowest BCUT2D eigenvalue weighted by molar-refractivity contribution is 0.0939. The van der Waals surface area contributed by atoms with E-state index in [4.69, 9.17) is 23.2 Å². The maximum atomic E-state index is 12.2. The van der Waals surface area contributed by atoms with Gasteiger partial charge >= 0.3 is 0 Å². The molecule has 0 bridgehead atoms. The van der Waals surface area contributed by atoms with Crippen molar-refractivity contribution < 1.29 is 4.79 Å². The molecule has 0 unspecified atom stereocenters. The molecule has 0 radical (unpaired) electrons. The van der Waals surface area contributed by atoms with Gasteiger partial charge in [0.05, 0.1) is 33.5 Å². The summed E-state index contributed by atoms with van der Waals surface area (Å²) >= 11 is 12.1. The number of aryl methyl sites for hydroxylation is 2. The molecule has 2 aromatic rings. The van der Waals surface area contributed by atoms with Gasteiger partial charge < -0.3 is 5.32 Å². The smallest absolute Gasteiger partial charge is 0.254 e. The number of carbonyl (C=O) groups excluding carboxylic acids is 1. The van der Waals surface area contributed by atoms with Gasteiger partial charge in [-0.05, 0) is 13.8 Å². The Kier molecular flexibility index (Phi) is 4.30. The second kappa shape index (κ2) is 5.81. The van der Waals surface area contributed by atoms with E-state index in [1.807, 2.05) is 20.2 Å². The molecule has 0 saturated heterocycles. The van der Waals surface area contributed by atoms with E-state index in [1.165, 1.54) is 6.20 Å².